The number of unbranched alkanes of at least 4 members (excludes halogenated alkanes) is 1. The fourth-order valence-corrected chi connectivity index (χ4v) is 3.70. The number of fused-ring (bicyclic) bond motifs is 1. The van der Waals surface area contributed by atoms with E-state index in [1.54, 1.807) is 24.3 Å². The zero-order valence-corrected chi connectivity index (χ0v) is 18.0. The van der Waals surface area contributed by atoms with Gasteiger partial charge in [-0.3, -0.25) is 19.5 Å². The van der Waals surface area contributed by atoms with Crippen molar-refractivity contribution < 1.29 is 9.59 Å². The van der Waals surface area contributed by atoms with Gasteiger partial charge in [0.05, 0.1) is 11.1 Å². The molecule has 1 aliphatic carbocycles. The Labute approximate surface area is 178 Å². The molecule has 3 rings (SSSR count). The molecule has 0 aromatic heterocycles. The van der Waals surface area contributed by atoms with Gasteiger partial charge in [-0.15, -0.1) is 24.0 Å². The maximum atomic E-state index is 12.3. The summed E-state index contributed by atoms with van der Waals surface area (Å²) in [5.74, 6) is 0.130. The second-order valence-electron chi connectivity index (χ2n) is 7.11. The molecule has 27 heavy (non-hydrogen) atoms. The summed E-state index contributed by atoms with van der Waals surface area (Å²) in [4.78, 5) is 30.3. The molecule has 0 spiro atoms. The lowest BCUT2D eigenvalue weighted by molar-refractivity contribution is 0.0652. The number of imide groups is 1. The van der Waals surface area contributed by atoms with Gasteiger partial charge in [0, 0.05) is 19.1 Å². The predicted octanol–water partition coefficient (Wildman–Crippen LogP) is 3.31. The van der Waals surface area contributed by atoms with Gasteiger partial charge in [0.2, 0.25) is 0 Å². The van der Waals surface area contributed by atoms with Crippen molar-refractivity contribution in [3.8, 4) is 0 Å². The van der Waals surface area contributed by atoms with Crippen molar-refractivity contribution in [3.63, 3.8) is 0 Å². The molecular formula is C20H29IN4O2. The molecule has 0 radical (unpaired) electrons. The summed E-state index contributed by atoms with van der Waals surface area (Å²) in [6.07, 6.45) is 8.98. The molecule has 1 aliphatic heterocycles. The van der Waals surface area contributed by atoms with E-state index in [1.807, 2.05) is 0 Å². The topological polar surface area (TPSA) is 87.8 Å². The standard InChI is InChI=1S/C20H28N4O2.HI/c21-20(23-15-9-3-1-2-4-10-15)22-13-7-8-14-24-18(25)16-11-5-6-12-17(16)19(24)26;/h5-6,11-12,15H,1-4,7-10,13-14H2,(H3,21,22,23);1H. The molecule has 7 heteroatoms. The van der Waals surface area contributed by atoms with Gasteiger partial charge in [0.15, 0.2) is 5.96 Å². The minimum absolute atomic E-state index is 0. The molecular weight excluding hydrogens is 455 g/mol. The minimum atomic E-state index is -0.191. The van der Waals surface area contributed by atoms with Crippen LogP contribution in [0.5, 0.6) is 0 Å². The number of nitrogens with zero attached hydrogens (tertiary/aromatic N) is 2. The molecule has 6 nitrogen and oxygen atoms in total. The summed E-state index contributed by atoms with van der Waals surface area (Å²) in [7, 11) is 0. The Morgan fingerprint density at radius 3 is 2.22 bits per heavy atom. The largest absolute Gasteiger partial charge is 0.370 e. The van der Waals surface area contributed by atoms with E-state index in [-0.39, 0.29) is 35.8 Å². The first-order valence-electron chi connectivity index (χ1n) is 9.68. The van der Waals surface area contributed by atoms with Crippen LogP contribution in [0.2, 0.25) is 0 Å². The first kappa shape index (κ1) is 21.7. The number of nitrogens with two attached hydrogens (primary N) is 1. The predicted molar refractivity (Wildman–Crippen MR) is 118 cm³/mol. The van der Waals surface area contributed by atoms with Gasteiger partial charge >= 0.3 is 0 Å². The fourth-order valence-electron chi connectivity index (χ4n) is 3.70. The Bertz CT molecular complexity index is 649. The smallest absolute Gasteiger partial charge is 0.261 e. The monoisotopic (exact) mass is 484 g/mol. The Kier molecular flexibility index (Phi) is 8.53. The van der Waals surface area contributed by atoms with Gasteiger partial charge in [0.25, 0.3) is 11.8 Å². The van der Waals surface area contributed by atoms with E-state index in [4.69, 9.17) is 5.73 Å². The molecule has 2 aliphatic rings. The van der Waals surface area contributed by atoms with E-state index >= 15 is 0 Å². The minimum Gasteiger partial charge on any atom is -0.370 e. The normalized spacial score (nSPS) is 18.1. The second-order valence-corrected chi connectivity index (χ2v) is 7.11. The molecule has 1 aromatic carbocycles. The zero-order valence-electron chi connectivity index (χ0n) is 15.7. The van der Waals surface area contributed by atoms with Crippen molar-refractivity contribution in [2.75, 3.05) is 13.1 Å². The summed E-state index contributed by atoms with van der Waals surface area (Å²) in [6.45, 7) is 1.03. The van der Waals surface area contributed by atoms with Gasteiger partial charge in [0.1, 0.15) is 0 Å². The first-order chi connectivity index (χ1) is 12.7. The highest BCUT2D eigenvalue weighted by Gasteiger charge is 2.34. The van der Waals surface area contributed by atoms with Crippen LogP contribution < -0.4 is 11.1 Å². The Balaban J connectivity index is 0.00000261. The molecule has 0 atom stereocenters. The van der Waals surface area contributed by atoms with Crippen molar-refractivity contribution in [2.24, 2.45) is 10.7 Å². The third kappa shape index (κ3) is 5.67. The summed E-state index contributed by atoms with van der Waals surface area (Å²) < 4.78 is 0. The van der Waals surface area contributed by atoms with E-state index in [9.17, 15) is 9.59 Å². The van der Waals surface area contributed by atoms with Crippen LogP contribution in [0.3, 0.4) is 0 Å². The molecule has 1 aromatic rings. The van der Waals surface area contributed by atoms with Crippen molar-refractivity contribution in [2.45, 2.75) is 57.4 Å². The van der Waals surface area contributed by atoms with Crippen molar-refractivity contribution >= 4 is 41.8 Å². The van der Waals surface area contributed by atoms with Crippen molar-refractivity contribution in [3.05, 3.63) is 35.4 Å². The average Bonchev–Trinajstić information content (AvgIpc) is 2.82. The number of guanidine groups is 1. The SMILES string of the molecule is I.NC(=NCCCCN1C(=O)c2ccccc2C1=O)NC1CCCCCC1. The Hall–Kier alpha value is -1.64. The molecule has 0 saturated heterocycles. The fraction of sp³-hybridized carbons (Fsp3) is 0.550. The lowest BCUT2D eigenvalue weighted by Crippen LogP contribution is -2.39. The third-order valence-corrected chi connectivity index (χ3v) is 5.16. The molecule has 3 N–H and O–H groups in total. The Morgan fingerprint density at radius 1 is 1.04 bits per heavy atom. The number of carbonyl (C=O) groups is 2. The van der Waals surface area contributed by atoms with Crippen LogP contribution in [0, 0.1) is 0 Å². The van der Waals surface area contributed by atoms with Crippen LogP contribution in [-0.2, 0) is 0 Å². The molecule has 1 saturated carbocycles. The number of aliphatic imine (C=N–C) groups is 1. The maximum Gasteiger partial charge on any atom is 0.261 e. The van der Waals surface area contributed by atoms with E-state index in [0.717, 1.165) is 25.7 Å². The van der Waals surface area contributed by atoms with Crippen LogP contribution >= 0.6 is 24.0 Å². The summed E-state index contributed by atoms with van der Waals surface area (Å²) >= 11 is 0. The van der Waals surface area contributed by atoms with E-state index in [0.29, 0.717) is 36.2 Å². The number of rotatable bonds is 6. The molecule has 1 fully saturated rings. The first-order valence-corrected chi connectivity index (χ1v) is 9.68. The van der Waals surface area contributed by atoms with Crippen LogP contribution in [0.15, 0.2) is 29.3 Å². The summed E-state index contributed by atoms with van der Waals surface area (Å²) in [5, 5.41) is 3.33. The van der Waals surface area contributed by atoms with Crippen LogP contribution in [0.1, 0.15) is 72.1 Å². The lowest BCUT2D eigenvalue weighted by atomic mass is 10.1. The molecule has 0 unspecified atom stereocenters. The van der Waals surface area contributed by atoms with Gasteiger partial charge in [-0.05, 0) is 37.8 Å². The number of nitrogens with one attached hydrogen (secondary N) is 1. The number of hydrogen-bond donors (Lipinski definition) is 2. The number of amides is 2. The molecule has 1 heterocycles. The van der Waals surface area contributed by atoms with Crippen molar-refractivity contribution in [1.82, 2.24) is 10.2 Å². The third-order valence-electron chi connectivity index (χ3n) is 5.16. The van der Waals surface area contributed by atoms with Crippen LogP contribution in [-0.4, -0.2) is 41.8 Å². The van der Waals surface area contributed by atoms with Gasteiger partial charge in [-0.25, -0.2) is 0 Å². The highest BCUT2D eigenvalue weighted by atomic mass is 127. The van der Waals surface area contributed by atoms with Crippen LogP contribution in [0.25, 0.3) is 0 Å². The second kappa shape index (κ2) is 10.6. The average molecular weight is 484 g/mol. The van der Waals surface area contributed by atoms with Gasteiger partial charge in [-0.1, -0.05) is 37.8 Å². The van der Waals surface area contributed by atoms with Gasteiger partial charge < -0.3 is 11.1 Å². The van der Waals surface area contributed by atoms with Crippen LogP contribution in [0.4, 0.5) is 0 Å². The lowest BCUT2D eigenvalue weighted by Gasteiger charge is -2.16. The maximum absolute atomic E-state index is 12.3. The van der Waals surface area contributed by atoms with Gasteiger partial charge in [-0.2, -0.15) is 0 Å². The summed E-state index contributed by atoms with van der Waals surface area (Å²) in [5.41, 5.74) is 7.00. The summed E-state index contributed by atoms with van der Waals surface area (Å²) in [6, 6.07) is 7.43. The molecule has 0 bridgehead atoms. The molecule has 148 valence electrons. The number of halogens is 1. The zero-order chi connectivity index (χ0) is 18.4. The highest BCUT2D eigenvalue weighted by molar-refractivity contribution is 14.0. The number of hydrogen-bond acceptors (Lipinski definition) is 3. The van der Waals surface area contributed by atoms with E-state index in [1.165, 1.54) is 30.6 Å². The Morgan fingerprint density at radius 2 is 1.63 bits per heavy atom. The number of carbonyl (C=O) groups excluding carboxylic acids is 2. The molecule has 2 amide bonds. The number of benzene rings is 1. The van der Waals surface area contributed by atoms with E-state index in [2.05, 4.69) is 10.3 Å². The quantitative estimate of drug-likeness (QED) is 0.162. The van der Waals surface area contributed by atoms with E-state index < -0.39 is 0 Å². The van der Waals surface area contributed by atoms with Crippen molar-refractivity contribution in [1.29, 1.82) is 0 Å². The highest BCUT2D eigenvalue weighted by Crippen LogP contribution is 2.22.